The highest BCUT2D eigenvalue weighted by atomic mass is 19.4. The number of hydrogen-bond acceptors (Lipinski definition) is 2. The number of carbonyl (C=O) groups excluding carboxylic acids is 2. The van der Waals surface area contributed by atoms with Crippen LogP contribution in [-0.2, 0) is 17.5 Å². The molecule has 0 aliphatic carbocycles. The molecule has 1 aliphatic rings. The van der Waals surface area contributed by atoms with E-state index in [2.05, 4.69) is 5.32 Å². The summed E-state index contributed by atoms with van der Waals surface area (Å²) < 4.78 is 38.3. The van der Waals surface area contributed by atoms with Crippen LogP contribution in [0.4, 0.5) is 18.9 Å². The van der Waals surface area contributed by atoms with Gasteiger partial charge in [-0.05, 0) is 42.3 Å². The number of anilines is 1. The maximum Gasteiger partial charge on any atom is 0.416 e. The molecule has 0 radical (unpaired) electrons. The molecule has 2 aromatic rings. The van der Waals surface area contributed by atoms with Crippen molar-refractivity contribution in [1.82, 2.24) is 4.90 Å². The average Bonchev–Trinajstić information content (AvgIpc) is 2.99. The summed E-state index contributed by atoms with van der Waals surface area (Å²) in [5, 5.41) is 2.60. The van der Waals surface area contributed by atoms with Gasteiger partial charge in [0.1, 0.15) is 0 Å². The lowest BCUT2D eigenvalue weighted by Crippen LogP contribution is -2.23. The molecule has 1 saturated heterocycles. The minimum Gasteiger partial charge on any atom is -0.338 e. The lowest BCUT2D eigenvalue weighted by molar-refractivity contribution is -0.137. The molecule has 26 heavy (non-hydrogen) atoms. The Labute approximate surface area is 148 Å². The number of alkyl halides is 3. The van der Waals surface area contributed by atoms with Crippen molar-refractivity contribution in [1.29, 1.82) is 0 Å². The zero-order valence-corrected chi connectivity index (χ0v) is 13.8. The van der Waals surface area contributed by atoms with E-state index >= 15 is 0 Å². The Balaban J connectivity index is 1.72. The van der Waals surface area contributed by atoms with Gasteiger partial charge in [0.2, 0.25) is 5.91 Å². The van der Waals surface area contributed by atoms with E-state index in [1.54, 1.807) is 23.1 Å². The first-order valence-electron chi connectivity index (χ1n) is 8.18. The lowest BCUT2D eigenvalue weighted by atomic mass is 10.1. The minimum atomic E-state index is -4.50. The van der Waals surface area contributed by atoms with Crippen molar-refractivity contribution in [3.63, 3.8) is 0 Å². The Hall–Kier alpha value is -2.83. The van der Waals surface area contributed by atoms with Crippen molar-refractivity contribution in [2.24, 2.45) is 0 Å². The van der Waals surface area contributed by atoms with Crippen LogP contribution < -0.4 is 5.32 Å². The Morgan fingerprint density at radius 1 is 1.12 bits per heavy atom. The Morgan fingerprint density at radius 2 is 1.88 bits per heavy atom. The quantitative estimate of drug-likeness (QED) is 0.891. The van der Waals surface area contributed by atoms with Crippen LogP contribution in [0.25, 0.3) is 0 Å². The van der Waals surface area contributed by atoms with E-state index in [0.29, 0.717) is 25.2 Å². The van der Waals surface area contributed by atoms with Crippen LogP contribution in [0, 0.1) is 0 Å². The molecule has 7 heteroatoms. The number of carbonyl (C=O) groups is 2. The number of hydrogen-bond donors (Lipinski definition) is 1. The van der Waals surface area contributed by atoms with Crippen LogP contribution in [-0.4, -0.2) is 23.3 Å². The zero-order valence-electron chi connectivity index (χ0n) is 13.8. The van der Waals surface area contributed by atoms with Crippen molar-refractivity contribution in [2.75, 3.05) is 11.9 Å². The van der Waals surface area contributed by atoms with Crippen molar-refractivity contribution in [3.05, 3.63) is 65.2 Å². The second kappa shape index (κ2) is 7.19. The summed E-state index contributed by atoms with van der Waals surface area (Å²) >= 11 is 0. The van der Waals surface area contributed by atoms with Crippen LogP contribution in [0.3, 0.4) is 0 Å². The summed E-state index contributed by atoms with van der Waals surface area (Å²) in [4.78, 5) is 25.7. The monoisotopic (exact) mass is 362 g/mol. The maximum atomic E-state index is 12.8. The molecule has 1 N–H and O–H groups in total. The number of benzene rings is 2. The average molecular weight is 362 g/mol. The molecular formula is C19H17F3N2O2. The molecule has 0 aromatic heterocycles. The molecule has 2 amide bonds. The van der Waals surface area contributed by atoms with Crippen LogP contribution in [0.5, 0.6) is 0 Å². The zero-order chi connectivity index (χ0) is 18.7. The molecule has 0 saturated carbocycles. The largest absolute Gasteiger partial charge is 0.416 e. The number of likely N-dealkylation sites (tertiary alicyclic amines) is 1. The van der Waals surface area contributed by atoms with E-state index in [-0.39, 0.29) is 11.5 Å². The van der Waals surface area contributed by atoms with Crippen LogP contribution in [0.1, 0.15) is 34.3 Å². The van der Waals surface area contributed by atoms with Gasteiger partial charge in [0.15, 0.2) is 0 Å². The predicted octanol–water partition coefficient (Wildman–Crippen LogP) is 4.08. The van der Waals surface area contributed by atoms with Crippen molar-refractivity contribution >= 4 is 17.5 Å². The number of amides is 2. The first-order chi connectivity index (χ1) is 12.3. The third-order valence-corrected chi connectivity index (χ3v) is 4.18. The number of nitrogens with zero attached hydrogens (tertiary/aromatic N) is 1. The van der Waals surface area contributed by atoms with E-state index in [9.17, 15) is 22.8 Å². The van der Waals surface area contributed by atoms with Gasteiger partial charge in [0.05, 0.1) is 5.56 Å². The third-order valence-electron chi connectivity index (χ3n) is 4.18. The fourth-order valence-corrected chi connectivity index (χ4v) is 2.88. The van der Waals surface area contributed by atoms with Gasteiger partial charge in [-0.2, -0.15) is 13.2 Å². The summed E-state index contributed by atoms with van der Waals surface area (Å²) in [5.74, 6) is -0.520. The first-order valence-corrected chi connectivity index (χ1v) is 8.18. The lowest BCUT2D eigenvalue weighted by Gasteiger charge is -2.16. The SMILES string of the molecule is O=C(Nc1cccc(CN2CCCC2=O)c1)c1cccc(C(F)(F)F)c1. The summed E-state index contributed by atoms with van der Waals surface area (Å²) in [5.41, 5.74) is 0.380. The molecule has 1 heterocycles. The second-order valence-corrected chi connectivity index (χ2v) is 6.15. The Morgan fingerprint density at radius 3 is 2.58 bits per heavy atom. The fourth-order valence-electron chi connectivity index (χ4n) is 2.88. The normalized spacial score (nSPS) is 14.6. The molecule has 1 fully saturated rings. The van der Waals surface area contributed by atoms with Gasteiger partial charge in [0, 0.05) is 30.8 Å². The molecular weight excluding hydrogens is 345 g/mol. The summed E-state index contributed by atoms with van der Waals surface area (Å²) in [6, 6.07) is 11.2. The van der Waals surface area contributed by atoms with Gasteiger partial charge >= 0.3 is 6.18 Å². The van der Waals surface area contributed by atoms with Crippen molar-refractivity contribution in [3.8, 4) is 0 Å². The van der Waals surface area contributed by atoms with Gasteiger partial charge in [-0.1, -0.05) is 18.2 Å². The number of halogens is 3. The Kier molecular flexibility index (Phi) is 4.97. The molecule has 2 aromatic carbocycles. The molecule has 4 nitrogen and oxygen atoms in total. The highest BCUT2D eigenvalue weighted by molar-refractivity contribution is 6.04. The van der Waals surface area contributed by atoms with E-state index in [1.807, 2.05) is 6.07 Å². The number of rotatable bonds is 4. The molecule has 136 valence electrons. The van der Waals surface area contributed by atoms with Gasteiger partial charge in [-0.3, -0.25) is 9.59 Å². The Bertz CT molecular complexity index is 834. The minimum absolute atomic E-state index is 0.0695. The van der Waals surface area contributed by atoms with Crippen LogP contribution in [0.2, 0.25) is 0 Å². The third kappa shape index (κ3) is 4.22. The van der Waals surface area contributed by atoms with Gasteiger partial charge in [-0.15, -0.1) is 0 Å². The second-order valence-electron chi connectivity index (χ2n) is 6.15. The molecule has 0 spiro atoms. The van der Waals surface area contributed by atoms with E-state index in [0.717, 1.165) is 24.1 Å². The van der Waals surface area contributed by atoms with Crippen LogP contribution in [0.15, 0.2) is 48.5 Å². The van der Waals surface area contributed by atoms with Gasteiger partial charge in [0.25, 0.3) is 5.91 Å². The van der Waals surface area contributed by atoms with Crippen molar-refractivity contribution in [2.45, 2.75) is 25.6 Å². The molecule has 0 bridgehead atoms. The fraction of sp³-hybridized carbons (Fsp3) is 0.263. The topological polar surface area (TPSA) is 49.4 Å². The summed E-state index contributed by atoms with van der Waals surface area (Å²) in [7, 11) is 0. The van der Waals surface area contributed by atoms with Crippen molar-refractivity contribution < 1.29 is 22.8 Å². The molecule has 0 unspecified atom stereocenters. The van der Waals surface area contributed by atoms with Gasteiger partial charge in [-0.25, -0.2) is 0 Å². The highest BCUT2D eigenvalue weighted by Gasteiger charge is 2.30. The van der Waals surface area contributed by atoms with Gasteiger partial charge < -0.3 is 10.2 Å². The summed E-state index contributed by atoms with van der Waals surface area (Å²) in [6.45, 7) is 1.16. The predicted molar refractivity (Wildman–Crippen MR) is 90.5 cm³/mol. The smallest absolute Gasteiger partial charge is 0.338 e. The summed E-state index contributed by atoms with van der Waals surface area (Å²) in [6.07, 6.45) is -3.12. The maximum absolute atomic E-state index is 12.8. The first kappa shape index (κ1) is 18.0. The standard InChI is InChI=1S/C19H17F3N2O2/c20-19(21,22)15-6-2-5-14(11-15)18(26)23-16-7-1-4-13(10-16)12-24-9-3-8-17(24)25/h1-2,4-7,10-11H,3,8-9,12H2,(H,23,26). The molecule has 1 aliphatic heterocycles. The number of nitrogens with one attached hydrogen (secondary N) is 1. The van der Waals surface area contributed by atoms with E-state index in [4.69, 9.17) is 0 Å². The van der Waals surface area contributed by atoms with E-state index in [1.165, 1.54) is 12.1 Å². The van der Waals surface area contributed by atoms with Crippen LogP contribution >= 0.6 is 0 Å². The molecule has 0 atom stereocenters. The highest BCUT2D eigenvalue weighted by Crippen LogP contribution is 2.29. The van der Waals surface area contributed by atoms with E-state index < -0.39 is 17.6 Å². The molecule has 3 rings (SSSR count).